The first kappa shape index (κ1) is 14.7. The predicted molar refractivity (Wildman–Crippen MR) is 86.8 cm³/mol. The minimum absolute atomic E-state index is 0.168. The molecule has 116 valence electrons. The first-order valence-electron chi connectivity index (χ1n) is 7.07. The number of hydrogen-bond acceptors (Lipinski definition) is 5. The summed E-state index contributed by atoms with van der Waals surface area (Å²) >= 11 is 0. The average Bonchev–Trinajstić information content (AvgIpc) is 3.02. The van der Waals surface area contributed by atoms with Crippen LogP contribution in [0.4, 0.5) is 11.4 Å². The minimum atomic E-state index is -0.671. The van der Waals surface area contributed by atoms with Crippen LogP contribution in [-0.4, -0.2) is 28.6 Å². The summed E-state index contributed by atoms with van der Waals surface area (Å²) in [6, 6.07) is 11.8. The quantitative estimate of drug-likeness (QED) is 0.884. The van der Waals surface area contributed by atoms with Gasteiger partial charge in [0.2, 0.25) is 5.91 Å². The van der Waals surface area contributed by atoms with Crippen LogP contribution in [0, 0.1) is 0 Å². The number of nitrogens with two attached hydrogens (primary N) is 1. The normalized spacial score (nSPS) is 16.8. The van der Waals surface area contributed by atoms with E-state index in [0.717, 1.165) is 0 Å². The Morgan fingerprint density at radius 1 is 1.13 bits per heavy atom. The SMILES string of the molecule is NC(=O)C1CC(C(=O)Nc2ccncc2)=NN1c1ccccc1. The Morgan fingerprint density at radius 2 is 1.83 bits per heavy atom. The summed E-state index contributed by atoms with van der Waals surface area (Å²) in [6.45, 7) is 0. The largest absolute Gasteiger partial charge is 0.368 e. The van der Waals surface area contributed by atoms with Gasteiger partial charge in [-0.1, -0.05) is 18.2 Å². The van der Waals surface area contributed by atoms with Gasteiger partial charge in [0.1, 0.15) is 11.8 Å². The molecule has 0 fully saturated rings. The predicted octanol–water partition coefficient (Wildman–Crippen LogP) is 1.14. The average molecular weight is 309 g/mol. The standard InChI is InChI=1S/C16H15N5O2/c17-15(22)14-10-13(16(23)19-11-6-8-18-9-7-11)20-21(14)12-4-2-1-3-5-12/h1-9,14H,10H2,(H2,17,22)(H,18,19,23). The van der Waals surface area contributed by atoms with E-state index < -0.39 is 11.9 Å². The second kappa shape index (κ2) is 6.27. The second-order valence-corrected chi connectivity index (χ2v) is 5.04. The smallest absolute Gasteiger partial charge is 0.271 e. The zero-order valence-electron chi connectivity index (χ0n) is 12.2. The van der Waals surface area contributed by atoms with Gasteiger partial charge >= 0.3 is 0 Å². The van der Waals surface area contributed by atoms with Gasteiger partial charge in [0.05, 0.1) is 5.69 Å². The van der Waals surface area contributed by atoms with E-state index in [-0.39, 0.29) is 18.0 Å². The van der Waals surface area contributed by atoms with E-state index in [4.69, 9.17) is 5.73 Å². The van der Waals surface area contributed by atoms with Crippen LogP contribution in [0.3, 0.4) is 0 Å². The molecule has 1 unspecified atom stereocenters. The van der Waals surface area contributed by atoms with Crippen molar-refractivity contribution >= 4 is 28.9 Å². The van der Waals surface area contributed by atoms with Gasteiger partial charge < -0.3 is 11.1 Å². The lowest BCUT2D eigenvalue weighted by Crippen LogP contribution is -2.39. The first-order chi connectivity index (χ1) is 11.1. The van der Waals surface area contributed by atoms with E-state index >= 15 is 0 Å². The van der Waals surface area contributed by atoms with Crippen molar-refractivity contribution < 1.29 is 9.59 Å². The van der Waals surface area contributed by atoms with Crippen molar-refractivity contribution in [3.05, 3.63) is 54.9 Å². The van der Waals surface area contributed by atoms with E-state index in [1.807, 2.05) is 30.3 Å². The summed E-state index contributed by atoms with van der Waals surface area (Å²) in [7, 11) is 0. The van der Waals surface area contributed by atoms with E-state index in [0.29, 0.717) is 11.4 Å². The van der Waals surface area contributed by atoms with Crippen LogP contribution in [0.2, 0.25) is 0 Å². The van der Waals surface area contributed by atoms with Crippen molar-refractivity contribution in [2.45, 2.75) is 12.5 Å². The van der Waals surface area contributed by atoms with Crippen LogP contribution in [0.25, 0.3) is 0 Å². The molecule has 23 heavy (non-hydrogen) atoms. The zero-order chi connectivity index (χ0) is 16.2. The molecule has 0 radical (unpaired) electrons. The summed E-state index contributed by atoms with van der Waals surface area (Å²) < 4.78 is 0. The molecule has 3 N–H and O–H groups in total. The third-order valence-corrected chi connectivity index (χ3v) is 3.46. The van der Waals surface area contributed by atoms with E-state index in [9.17, 15) is 9.59 Å². The van der Waals surface area contributed by atoms with Crippen LogP contribution < -0.4 is 16.1 Å². The van der Waals surface area contributed by atoms with Gasteiger partial charge in [-0.2, -0.15) is 5.10 Å². The zero-order valence-corrected chi connectivity index (χ0v) is 12.2. The molecule has 7 heteroatoms. The van der Waals surface area contributed by atoms with Crippen LogP contribution in [0.1, 0.15) is 6.42 Å². The van der Waals surface area contributed by atoms with Gasteiger partial charge in [0.15, 0.2) is 0 Å². The number of benzene rings is 1. The van der Waals surface area contributed by atoms with Crippen molar-refractivity contribution in [1.29, 1.82) is 0 Å². The van der Waals surface area contributed by atoms with E-state index in [1.165, 1.54) is 5.01 Å². The summed E-state index contributed by atoms with van der Waals surface area (Å²) in [5.41, 5.74) is 7.03. The highest BCUT2D eigenvalue weighted by molar-refractivity contribution is 6.44. The lowest BCUT2D eigenvalue weighted by atomic mass is 10.1. The Balaban J connectivity index is 1.82. The molecular formula is C16H15N5O2. The number of nitrogens with zero attached hydrogens (tertiary/aromatic N) is 3. The number of hydrogen-bond donors (Lipinski definition) is 2. The Hall–Kier alpha value is -3.22. The maximum atomic E-state index is 12.3. The van der Waals surface area contributed by atoms with Crippen LogP contribution in [0.15, 0.2) is 60.0 Å². The molecule has 0 saturated carbocycles. The molecule has 2 heterocycles. The van der Waals surface area contributed by atoms with Gasteiger partial charge in [-0.05, 0) is 24.3 Å². The van der Waals surface area contributed by atoms with Gasteiger partial charge in [-0.25, -0.2) is 0 Å². The number of primary amides is 1. The fraction of sp³-hybridized carbons (Fsp3) is 0.125. The van der Waals surface area contributed by atoms with E-state index in [2.05, 4.69) is 15.4 Å². The number of amides is 2. The van der Waals surface area contributed by atoms with Crippen LogP contribution in [-0.2, 0) is 9.59 Å². The number of carbonyl (C=O) groups excluding carboxylic acids is 2. The monoisotopic (exact) mass is 309 g/mol. The highest BCUT2D eigenvalue weighted by atomic mass is 16.2. The Morgan fingerprint density at radius 3 is 2.48 bits per heavy atom. The van der Waals surface area contributed by atoms with Crippen LogP contribution >= 0.6 is 0 Å². The molecule has 0 aliphatic carbocycles. The fourth-order valence-corrected chi connectivity index (χ4v) is 2.33. The number of rotatable bonds is 4. The highest BCUT2D eigenvalue weighted by Crippen LogP contribution is 2.24. The Kier molecular flexibility index (Phi) is 4.01. The number of aromatic nitrogens is 1. The molecule has 0 bridgehead atoms. The summed E-state index contributed by atoms with van der Waals surface area (Å²) in [6.07, 6.45) is 3.32. The fourth-order valence-electron chi connectivity index (χ4n) is 2.33. The number of nitrogens with one attached hydrogen (secondary N) is 1. The van der Waals surface area contributed by atoms with Crippen molar-refractivity contribution in [3.8, 4) is 0 Å². The lowest BCUT2D eigenvalue weighted by molar-refractivity contribution is -0.119. The lowest BCUT2D eigenvalue weighted by Gasteiger charge is -2.20. The van der Waals surface area contributed by atoms with Gasteiger partial charge in [-0.3, -0.25) is 19.6 Å². The highest BCUT2D eigenvalue weighted by Gasteiger charge is 2.34. The van der Waals surface area contributed by atoms with Crippen molar-refractivity contribution in [3.63, 3.8) is 0 Å². The van der Waals surface area contributed by atoms with Crippen molar-refractivity contribution in [2.75, 3.05) is 10.3 Å². The van der Waals surface area contributed by atoms with Gasteiger partial charge in [0.25, 0.3) is 5.91 Å². The Bertz CT molecular complexity index is 746. The molecule has 7 nitrogen and oxygen atoms in total. The minimum Gasteiger partial charge on any atom is -0.368 e. The molecule has 1 aromatic heterocycles. The maximum absolute atomic E-state index is 12.3. The van der Waals surface area contributed by atoms with Gasteiger partial charge in [0, 0.05) is 24.5 Å². The molecule has 3 rings (SSSR count). The topological polar surface area (TPSA) is 101 Å². The molecule has 0 saturated heterocycles. The number of anilines is 2. The number of pyridine rings is 1. The van der Waals surface area contributed by atoms with E-state index in [1.54, 1.807) is 24.5 Å². The second-order valence-electron chi connectivity index (χ2n) is 5.04. The molecule has 1 atom stereocenters. The summed E-state index contributed by atoms with van der Waals surface area (Å²) in [5, 5.41) is 8.50. The molecule has 1 aliphatic heterocycles. The summed E-state index contributed by atoms with van der Waals surface area (Å²) in [5.74, 6) is -0.884. The molecule has 0 spiro atoms. The molecule has 1 aromatic carbocycles. The Labute approximate surface area is 132 Å². The molecule has 2 aromatic rings. The van der Waals surface area contributed by atoms with Gasteiger partial charge in [-0.15, -0.1) is 0 Å². The number of para-hydroxylation sites is 1. The first-order valence-corrected chi connectivity index (χ1v) is 7.07. The third-order valence-electron chi connectivity index (χ3n) is 3.46. The maximum Gasteiger partial charge on any atom is 0.271 e. The molecular weight excluding hydrogens is 294 g/mol. The molecule has 2 amide bonds. The van der Waals surface area contributed by atoms with Crippen molar-refractivity contribution in [2.24, 2.45) is 10.8 Å². The van der Waals surface area contributed by atoms with Crippen LogP contribution in [0.5, 0.6) is 0 Å². The molecule has 1 aliphatic rings. The van der Waals surface area contributed by atoms with Crippen molar-refractivity contribution in [1.82, 2.24) is 4.98 Å². The number of hydrazone groups is 1. The number of carbonyl (C=O) groups is 2. The summed E-state index contributed by atoms with van der Waals surface area (Å²) in [4.78, 5) is 27.9. The third kappa shape index (κ3) is 3.18.